The van der Waals surface area contributed by atoms with Gasteiger partial charge in [-0.05, 0) is 31.4 Å². The molecule has 2 N–H and O–H groups in total. The molecular weight excluding hydrogens is 256 g/mol. The van der Waals surface area contributed by atoms with E-state index in [1.165, 1.54) is 0 Å². The summed E-state index contributed by atoms with van der Waals surface area (Å²) >= 11 is 0. The lowest BCUT2D eigenvalue weighted by Gasteiger charge is -2.06. The van der Waals surface area contributed by atoms with Gasteiger partial charge in [-0.25, -0.2) is 4.79 Å². The number of aromatic nitrogens is 2. The molecule has 0 bridgehead atoms. The highest BCUT2D eigenvalue weighted by molar-refractivity contribution is 5.90. The molecule has 0 radical (unpaired) electrons. The lowest BCUT2D eigenvalue weighted by atomic mass is 10.2. The highest BCUT2D eigenvalue weighted by atomic mass is 16.5. The maximum absolute atomic E-state index is 11.9. The predicted molar refractivity (Wildman–Crippen MR) is 74.5 cm³/mol. The van der Waals surface area contributed by atoms with Crippen molar-refractivity contribution in [1.82, 2.24) is 15.0 Å². The van der Waals surface area contributed by atoms with E-state index in [0.29, 0.717) is 12.5 Å². The molecule has 1 saturated carbocycles. The van der Waals surface area contributed by atoms with Gasteiger partial charge in [0.2, 0.25) is 0 Å². The minimum Gasteiger partial charge on any atom is -0.359 e. The lowest BCUT2D eigenvalue weighted by molar-refractivity contribution is 0.251. The van der Waals surface area contributed by atoms with Crippen LogP contribution in [0.25, 0.3) is 0 Å². The largest absolute Gasteiger partial charge is 0.359 e. The lowest BCUT2D eigenvalue weighted by Crippen LogP contribution is -2.28. The zero-order valence-corrected chi connectivity index (χ0v) is 11.6. The Morgan fingerprint density at radius 1 is 1.55 bits per heavy atom. The molecule has 2 aromatic rings. The minimum atomic E-state index is -0.234. The fraction of sp³-hybridized carbons (Fsp3) is 0.429. The monoisotopic (exact) mass is 274 g/mol. The van der Waals surface area contributed by atoms with Gasteiger partial charge in [-0.2, -0.15) is 0 Å². The molecule has 1 aliphatic rings. The normalized spacial score (nSPS) is 14.3. The van der Waals surface area contributed by atoms with Gasteiger partial charge in [-0.15, -0.1) is 0 Å². The second-order valence-corrected chi connectivity index (χ2v) is 5.27. The van der Waals surface area contributed by atoms with E-state index in [-0.39, 0.29) is 6.03 Å². The number of aryl methyl sites for hydroxylation is 2. The quantitative estimate of drug-likeness (QED) is 0.899. The van der Waals surface area contributed by atoms with Crippen LogP contribution in [0.5, 0.6) is 0 Å². The van der Waals surface area contributed by atoms with Crippen LogP contribution in [-0.4, -0.2) is 15.8 Å². The molecule has 1 aliphatic carbocycles. The Morgan fingerprint density at radius 3 is 3.00 bits per heavy atom. The van der Waals surface area contributed by atoms with Crippen molar-refractivity contribution in [2.24, 2.45) is 7.05 Å². The third-order valence-corrected chi connectivity index (χ3v) is 3.42. The summed E-state index contributed by atoms with van der Waals surface area (Å²) < 4.78 is 7.24. The highest BCUT2D eigenvalue weighted by Crippen LogP contribution is 2.44. The number of rotatable bonds is 4. The average Bonchev–Trinajstić information content (AvgIpc) is 3.08. The first-order chi connectivity index (χ1) is 9.63. The van der Waals surface area contributed by atoms with Crippen LogP contribution in [0.4, 0.5) is 10.5 Å². The van der Waals surface area contributed by atoms with Gasteiger partial charge in [0.1, 0.15) is 11.4 Å². The van der Waals surface area contributed by atoms with E-state index >= 15 is 0 Å². The summed E-state index contributed by atoms with van der Waals surface area (Å²) in [7, 11) is 1.95. The van der Waals surface area contributed by atoms with Crippen molar-refractivity contribution in [1.29, 1.82) is 0 Å². The molecule has 0 atom stereocenters. The van der Waals surface area contributed by atoms with E-state index in [1.54, 1.807) is 0 Å². The molecule has 2 amide bonds. The van der Waals surface area contributed by atoms with Crippen LogP contribution in [0, 0.1) is 6.92 Å². The molecule has 0 aromatic carbocycles. The van der Waals surface area contributed by atoms with Gasteiger partial charge in [0.15, 0.2) is 5.76 Å². The SMILES string of the molecule is Cc1noc(C2CC2)c1NC(=O)NCc1ccn(C)c1. The maximum atomic E-state index is 11.9. The van der Waals surface area contributed by atoms with E-state index in [4.69, 9.17) is 4.52 Å². The number of nitrogens with one attached hydrogen (secondary N) is 2. The number of amides is 2. The second-order valence-electron chi connectivity index (χ2n) is 5.27. The van der Waals surface area contributed by atoms with Crippen molar-refractivity contribution in [2.75, 3.05) is 5.32 Å². The molecule has 0 aliphatic heterocycles. The summed E-state index contributed by atoms with van der Waals surface area (Å²) in [5, 5.41) is 9.61. The third kappa shape index (κ3) is 2.68. The zero-order valence-electron chi connectivity index (χ0n) is 11.6. The van der Waals surface area contributed by atoms with Crippen LogP contribution in [0.1, 0.15) is 35.8 Å². The first-order valence-electron chi connectivity index (χ1n) is 6.75. The zero-order chi connectivity index (χ0) is 14.1. The molecule has 106 valence electrons. The Hall–Kier alpha value is -2.24. The molecular formula is C14H18N4O2. The Labute approximate surface area is 117 Å². The summed E-state index contributed by atoms with van der Waals surface area (Å²) in [5.74, 6) is 1.22. The molecule has 0 unspecified atom stereocenters. The summed E-state index contributed by atoms with van der Waals surface area (Å²) in [6.07, 6.45) is 6.13. The first-order valence-corrected chi connectivity index (χ1v) is 6.75. The highest BCUT2D eigenvalue weighted by Gasteiger charge is 2.32. The number of nitrogens with zero attached hydrogens (tertiary/aromatic N) is 2. The Balaban J connectivity index is 1.60. The second kappa shape index (κ2) is 5.03. The molecule has 3 rings (SSSR count). The predicted octanol–water partition coefficient (Wildman–Crippen LogP) is 2.52. The van der Waals surface area contributed by atoms with Gasteiger partial charge in [-0.1, -0.05) is 5.16 Å². The van der Waals surface area contributed by atoms with Crippen LogP contribution in [0.15, 0.2) is 23.0 Å². The first kappa shape index (κ1) is 12.8. The van der Waals surface area contributed by atoms with E-state index in [1.807, 2.05) is 37.0 Å². The number of hydrogen-bond donors (Lipinski definition) is 2. The van der Waals surface area contributed by atoms with Crippen LogP contribution >= 0.6 is 0 Å². The topological polar surface area (TPSA) is 72.1 Å². The molecule has 1 fully saturated rings. The van der Waals surface area contributed by atoms with E-state index in [9.17, 15) is 4.79 Å². The van der Waals surface area contributed by atoms with Crippen molar-refractivity contribution >= 4 is 11.7 Å². The molecule has 20 heavy (non-hydrogen) atoms. The number of hydrogen-bond acceptors (Lipinski definition) is 3. The van der Waals surface area contributed by atoms with Crippen molar-refractivity contribution < 1.29 is 9.32 Å². The van der Waals surface area contributed by atoms with E-state index < -0.39 is 0 Å². The van der Waals surface area contributed by atoms with E-state index in [0.717, 1.165) is 35.5 Å². The average molecular weight is 274 g/mol. The Morgan fingerprint density at radius 2 is 2.35 bits per heavy atom. The fourth-order valence-electron chi connectivity index (χ4n) is 2.17. The van der Waals surface area contributed by atoms with Crippen molar-refractivity contribution in [3.63, 3.8) is 0 Å². The van der Waals surface area contributed by atoms with Gasteiger partial charge >= 0.3 is 6.03 Å². The van der Waals surface area contributed by atoms with Crippen LogP contribution < -0.4 is 10.6 Å². The summed E-state index contributed by atoms with van der Waals surface area (Å²) in [6, 6.07) is 1.74. The van der Waals surface area contributed by atoms with Gasteiger partial charge in [0.05, 0.1) is 0 Å². The standard InChI is InChI=1S/C14H18N4O2/c1-9-12(13(20-17-9)11-3-4-11)16-14(19)15-7-10-5-6-18(2)8-10/h5-6,8,11H,3-4,7H2,1-2H3,(H2,15,16,19). The number of carbonyl (C=O) groups excluding carboxylic acids is 1. The summed E-state index contributed by atoms with van der Waals surface area (Å²) in [5.41, 5.74) is 2.51. The number of anilines is 1. The number of carbonyl (C=O) groups is 1. The van der Waals surface area contributed by atoms with Crippen LogP contribution in [-0.2, 0) is 13.6 Å². The summed E-state index contributed by atoms with van der Waals surface area (Å²) in [4.78, 5) is 11.9. The molecule has 6 heteroatoms. The summed E-state index contributed by atoms with van der Waals surface area (Å²) in [6.45, 7) is 2.33. The molecule has 2 aromatic heterocycles. The van der Waals surface area contributed by atoms with Gasteiger partial charge < -0.3 is 19.7 Å². The van der Waals surface area contributed by atoms with Crippen molar-refractivity contribution in [3.05, 3.63) is 35.5 Å². The Bertz CT molecular complexity index is 625. The molecule has 0 saturated heterocycles. The molecule has 2 heterocycles. The molecule has 0 spiro atoms. The smallest absolute Gasteiger partial charge is 0.319 e. The Kier molecular flexibility index (Phi) is 3.22. The van der Waals surface area contributed by atoms with Gasteiger partial charge in [0.25, 0.3) is 0 Å². The van der Waals surface area contributed by atoms with Crippen LogP contribution in [0.3, 0.4) is 0 Å². The van der Waals surface area contributed by atoms with Gasteiger partial charge in [0, 0.05) is 31.9 Å². The molecule has 6 nitrogen and oxygen atoms in total. The minimum absolute atomic E-state index is 0.234. The fourth-order valence-corrected chi connectivity index (χ4v) is 2.17. The van der Waals surface area contributed by atoms with Crippen molar-refractivity contribution in [2.45, 2.75) is 32.2 Å². The maximum Gasteiger partial charge on any atom is 0.319 e. The van der Waals surface area contributed by atoms with Crippen molar-refractivity contribution in [3.8, 4) is 0 Å². The third-order valence-electron chi connectivity index (χ3n) is 3.42. The van der Waals surface area contributed by atoms with E-state index in [2.05, 4.69) is 15.8 Å². The number of urea groups is 1. The van der Waals surface area contributed by atoms with Gasteiger partial charge in [-0.3, -0.25) is 0 Å². The van der Waals surface area contributed by atoms with Crippen LogP contribution in [0.2, 0.25) is 0 Å².